The van der Waals surface area contributed by atoms with Crippen LogP contribution >= 0.6 is 11.6 Å². The van der Waals surface area contributed by atoms with Crippen molar-refractivity contribution in [2.24, 2.45) is 0 Å². The van der Waals surface area contributed by atoms with Crippen LogP contribution in [0.25, 0.3) is 0 Å². The molecule has 3 aromatic rings. The van der Waals surface area contributed by atoms with Crippen molar-refractivity contribution in [2.45, 2.75) is 6.54 Å². The molecule has 0 unspecified atom stereocenters. The number of carbonyl (C=O) groups excluding carboxylic acids is 1. The minimum Gasteiger partial charge on any atom is -0.452 e. The third kappa shape index (κ3) is 3.51. The van der Waals surface area contributed by atoms with E-state index in [1.807, 2.05) is 60.7 Å². The molecule has 2 aliphatic heterocycles. The predicted octanol–water partition coefficient (Wildman–Crippen LogP) is 4.70. The van der Waals surface area contributed by atoms with Gasteiger partial charge in [-0.25, -0.2) is 0 Å². The number of para-hydroxylation sites is 2. The highest BCUT2D eigenvalue weighted by molar-refractivity contribution is 6.31. The molecule has 1 amide bonds. The van der Waals surface area contributed by atoms with Crippen LogP contribution in [0, 0.1) is 0 Å². The maximum Gasteiger partial charge on any atom is 0.262 e. The van der Waals surface area contributed by atoms with Gasteiger partial charge in [-0.15, -0.1) is 0 Å². The van der Waals surface area contributed by atoms with Crippen molar-refractivity contribution in [3.8, 4) is 11.5 Å². The van der Waals surface area contributed by atoms with E-state index < -0.39 is 0 Å². The highest BCUT2D eigenvalue weighted by atomic mass is 35.5. The van der Waals surface area contributed by atoms with E-state index in [1.54, 1.807) is 11.0 Å². The summed E-state index contributed by atoms with van der Waals surface area (Å²) in [5.41, 5.74) is 3.16. The number of halogens is 1. The fraction of sp³-hybridized carbons (Fsp3) is 0.208. The Bertz CT molecular complexity index is 1080. The van der Waals surface area contributed by atoms with E-state index in [1.165, 1.54) is 0 Å². The Morgan fingerprint density at radius 2 is 1.67 bits per heavy atom. The molecule has 1 saturated heterocycles. The standard InChI is InChI=1S/C24H22ClN3O2/c25-18-14-19-23(21(15-18)27-12-10-26-11-13-27)30-22-9-5-4-8-20(22)28(24(19)29)16-17-6-2-1-3-7-17/h1-9,14-15,26H,10-13,16H2. The van der Waals surface area contributed by atoms with Gasteiger partial charge in [0.15, 0.2) is 11.5 Å². The quantitative estimate of drug-likeness (QED) is 0.668. The van der Waals surface area contributed by atoms with Crippen LogP contribution in [0.3, 0.4) is 0 Å². The van der Waals surface area contributed by atoms with E-state index in [2.05, 4.69) is 10.2 Å². The molecular formula is C24H22ClN3O2. The highest BCUT2D eigenvalue weighted by Crippen LogP contribution is 2.45. The molecule has 2 heterocycles. The van der Waals surface area contributed by atoms with E-state index in [9.17, 15) is 4.79 Å². The van der Waals surface area contributed by atoms with Gasteiger partial charge in [-0.2, -0.15) is 0 Å². The number of ether oxygens (including phenoxy) is 1. The first kappa shape index (κ1) is 19.0. The molecule has 0 aliphatic carbocycles. The van der Waals surface area contributed by atoms with Gasteiger partial charge >= 0.3 is 0 Å². The molecule has 0 saturated carbocycles. The molecule has 1 N–H and O–H groups in total. The minimum atomic E-state index is -0.113. The highest BCUT2D eigenvalue weighted by Gasteiger charge is 2.32. The average Bonchev–Trinajstić information content (AvgIpc) is 2.90. The van der Waals surface area contributed by atoms with Crippen molar-refractivity contribution in [3.63, 3.8) is 0 Å². The Balaban J connectivity index is 1.64. The molecule has 0 aromatic heterocycles. The Labute approximate surface area is 180 Å². The molecule has 5 rings (SSSR count). The summed E-state index contributed by atoms with van der Waals surface area (Å²) >= 11 is 6.47. The molecule has 1 fully saturated rings. The van der Waals surface area contributed by atoms with Crippen LogP contribution in [0.2, 0.25) is 5.02 Å². The third-order valence-electron chi connectivity index (χ3n) is 5.52. The first-order valence-corrected chi connectivity index (χ1v) is 10.5. The molecule has 30 heavy (non-hydrogen) atoms. The number of hydrogen-bond acceptors (Lipinski definition) is 4. The first-order valence-electron chi connectivity index (χ1n) is 10.1. The molecule has 2 aliphatic rings. The van der Waals surface area contributed by atoms with Gasteiger partial charge in [-0.1, -0.05) is 54.1 Å². The number of nitrogens with zero attached hydrogens (tertiary/aromatic N) is 2. The van der Waals surface area contributed by atoms with Crippen LogP contribution in [0.4, 0.5) is 11.4 Å². The fourth-order valence-electron chi connectivity index (χ4n) is 4.04. The lowest BCUT2D eigenvalue weighted by Crippen LogP contribution is -2.43. The van der Waals surface area contributed by atoms with Gasteiger partial charge in [-0.3, -0.25) is 4.79 Å². The Morgan fingerprint density at radius 1 is 0.933 bits per heavy atom. The average molecular weight is 420 g/mol. The number of carbonyl (C=O) groups is 1. The first-order chi connectivity index (χ1) is 14.7. The number of piperazine rings is 1. The zero-order valence-corrected chi connectivity index (χ0v) is 17.2. The predicted molar refractivity (Wildman–Crippen MR) is 120 cm³/mol. The Kier molecular flexibility index (Phi) is 5.07. The topological polar surface area (TPSA) is 44.8 Å². The van der Waals surface area contributed by atoms with E-state index >= 15 is 0 Å². The van der Waals surface area contributed by atoms with Crippen LogP contribution in [0.5, 0.6) is 11.5 Å². The molecule has 152 valence electrons. The third-order valence-corrected chi connectivity index (χ3v) is 5.74. The number of benzene rings is 3. The second kappa shape index (κ2) is 8.01. The molecule has 0 spiro atoms. The Morgan fingerprint density at radius 3 is 2.47 bits per heavy atom. The summed E-state index contributed by atoms with van der Waals surface area (Å²) in [5, 5.41) is 3.89. The summed E-state index contributed by atoms with van der Waals surface area (Å²) in [5.74, 6) is 1.13. The molecule has 5 nitrogen and oxygen atoms in total. The van der Waals surface area contributed by atoms with Crippen LogP contribution in [0.15, 0.2) is 66.7 Å². The zero-order chi connectivity index (χ0) is 20.5. The molecule has 6 heteroatoms. The van der Waals surface area contributed by atoms with Gasteiger partial charge < -0.3 is 19.9 Å². The van der Waals surface area contributed by atoms with E-state index in [0.29, 0.717) is 28.6 Å². The number of anilines is 2. The number of fused-ring (bicyclic) bond motifs is 2. The van der Waals surface area contributed by atoms with Gasteiger partial charge in [0.1, 0.15) is 0 Å². The summed E-state index contributed by atoms with van der Waals surface area (Å²) in [4.78, 5) is 17.7. The lowest BCUT2D eigenvalue weighted by molar-refractivity contribution is 0.0985. The van der Waals surface area contributed by atoms with Crippen LogP contribution < -0.4 is 19.9 Å². The number of nitrogens with one attached hydrogen (secondary N) is 1. The van der Waals surface area contributed by atoms with Crippen molar-refractivity contribution in [2.75, 3.05) is 36.0 Å². The van der Waals surface area contributed by atoms with E-state index in [0.717, 1.165) is 43.1 Å². The second-order valence-electron chi connectivity index (χ2n) is 7.49. The zero-order valence-electron chi connectivity index (χ0n) is 16.5. The number of hydrogen-bond donors (Lipinski definition) is 1. The van der Waals surface area contributed by atoms with E-state index in [4.69, 9.17) is 16.3 Å². The molecule has 0 bridgehead atoms. The normalized spacial score (nSPS) is 15.8. The van der Waals surface area contributed by atoms with Gasteiger partial charge in [-0.05, 0) is 29.8 Å². The van der Waals surface area contributed by atoms with Crippen molar-refractivity contribution >= 4 is 28.9 Å². The van der Waals surface area contributed by atoms with Gasteiger partial charge in [0.25, 0.3) is 5.91 Å². The summed E-state index contributed by atoms with van der Waals surface area (Å²) < 4.78 is 6.40. The van der Waals surface area contributed by atoms with Crippen LogP contribution in [0.1, 0.15) is 15.9 Å². The summed E-state index contributed by atoms with van der Waals surface area (Å²) in [7, 11) is 0. The van der Waals surface area contributed by atoms with Crippen molar-refractivity contribution < 1.29 is 9.53 Å². The lowest BCUT2D eigenvalue weighted by atomic mass is 10.1. The summed E-state index contributed by atoms with van der Waals surface area (Å²) in [6.45, 7) is 3.88. The van der Waals surface area contributed by atoms with Crippen molar-refractivity contribution in [3.05, 3.63) is 82.9 Å². The fourth-order valence-corrected chi connectivity index (χ4v) is 4.25. The van der Waals surface area contributed by atoms with Gasteiger partial charge in [0, 0.05) is 31.2 Å². The van der Waals surface area contributed by atoms with Crippen molar-refractivity contribution in [1.82, 2.24) is 5.32 Å². The summed E-state index contributed by atoms with van der Waals surface area (Å²) in [6.07, 6.45) is 0. The molecular weight excluding hydrogens is 398 g/mol. The van der Waals surface area contributed by atoms with Gasteiger partial charge in [0.2, 0.25) is 0 Å². The minimum absolute atomic E-state index is 0.113. The number of rotatable bonds is 3. The maximum absolute atomic E-state index is 13.7. The molecule has 0 radical (unpaired) electrons. The van der Waals surface area contributed by atoms with Crippen LogP contribution in [-0.4, -0.2) is 32.1 Å². The molecule has 0 atom stereocenters. The maximum atomic E-state index is 13.7. The Hall–Kier alpha value is -3.02. The largest absolute Gasteiger partial charge is 0.452 e. The van der Waals surface area contributed by atoms with E-state index in [-0.39, 0.29) is 5.91 Å². The van der Waals surface area contributed by atoms with Crippen molar-refractivity contribution in [1.29, 1.82) is 0 Å². The molecule has 3 aromatic carbocycles. The van der Waals surface area contributed by atoms with Crippen LogP contribution in [-0.2, 0) is 6.54 Å². The smallest absolute Gasteiger partial charge is 0.262 e. The SMILES string of the molecule is O=C1c2cc(Cl)cc(N3CCNCC3)c2Oc2ccccc2N1Cc1ccccc1. The monoisotopic (exact) mass is 419 g/mol. The number of amides is 1. The lowest BCUT2D eigenvalue weighted by Gasteiger charge is -2.31. The summed E-state index contributed by atoms with van der Waals surface area (Å²) in [6, 6.07) is 21.3. The van der Waals surface area contributed by atoms with Gasteiger partial charge in [0.05, 0.1) is 23.5 Å². The second-order valence-corrected chi connectivity index (χ2v) is 7.92.